The second-order valence-corrected chi connectivity index (χ2v) is 17.7. The van der Waals surface area contributed by atoms with Crippen LogP contribution in [0, 0.1) is 0 Å². The van der Waals surface area contributed by atoms with Gasteiger partial charge in [-0.1, -0.05) is 202 Å². The summed E-state index contributed by atoms with van der Waals surface area (Å²) in [4.78, 5) is 2.39. The van der Waals surface area contributed by atoms with Crippen LogP contribution >= 0.6 is 0 Å². The van der Waals surface area contributed by atoms with E-state index in [0.717, 1.165) is 17.1 Å². The van der Waals surface area contributed by atoms with Gasteiger partial charge in [0.25, 0.3) is 0 Å². The van der Waals surface area contributed by atoms with Gasteiger partial charge < -0.3 is 4.90 Å². The Morgan fingerprint density at radius 1 is 0.266 bits per heavy atom. The fourth-order valence-corrected chi connectivity index (χ4v) is 10.3. The van der Waals surface area contributed by atoms with Gasteiger partial charge in [0.15, 0.2) is 0 Å². The molecule has 0 spiro atoms. The Hall–Kier alpha value is -8.00. The Bertz CT molecular complexity index is 3560. The van der Waals surface area contributed by atoms with Crippen LogP contribution in [0.25, 0.3) is 88.0 Å². The molecule has 0 bridgehead atoms. The van der Waals surface area contributed by atoms with Gasteiger partial charge in [0.05, 0.1) is 0 Å². The molecular weight excluding hydrogens is 771 g/mol. The zero-order valence-corrected chi connectivity index (χ0v) is 36.0. The van der Waals surface area contributed by atoms with Crippen molar-refractivity contribution < 1.29 is 0 Å². The van der Waals surface area contributed by atoms with Gasteiger partial charge in [-0.05, 0) is 148 Å². The molecule has 0 atom stereocenters. The maximum Gasteiger partial charge on any atom is 0.0467 e. The third kappa shape index (κ3) is 6.40. The summed E-state index contributed by atoms with van der Waals surface area (Å²) in [6, 6.07) is 87.2. The van der Waals surface area contributed by atoms with E-state index in [-0.39, 0.29) is 5.41 Å². The lowest BCUT2D eigenvalue weighted by Crippen LogP contribution is -2.14. The molecule has 0 saturated heterocycles. The molecule has 11 aromatic rings. The predicted octanol–water partition coefficient (Wildman–Crippen LogP) is 17.6. The summed E-state index contributed by atoms with van der Waals surface area (Å²) in [6.45, 7) is 4.71. The number of rotatable bonds is 7. The van der Waals surface area contributed by atoms with Gasteiger partial charge in [-0.2, -0.15) is 0 Å². The van der Waals surface area contributed by atoms with Crippen LogP contribution in [0.1, 0.15) is 25.0 Å². The maximum absolute atomic E-state index is 2.42. The quantitative estimate of drug-likeness (QED) is 0.145. The molecule has 0 saturated carbocycles. The van der Waals surface area contributed by atoms with E-state index in [1.807, 2.05) is 0 Å². The first kappa shape index (κ1) is 37.7. The lowest BCUT2D eigenvalue weighted by molar-refractivity contribution is 0.660. The molecule has 302 valence electrons. The Labute approximate surface area is 375 Å². The van der Waals surface area contributed by atoms with Crippen LogP contribution in [0.3, 0.4) is 0 Å². The maximum atomic E-state index is 2.42. The average molecular weight is 816 g/mol. The van der Waals surface area contributed by atoms with Crippen molar-refractivity contribution in [3.63, 3.8) is 0 Å². The van der Waals surface area contributed by atoms with Gasteiger partial charge in [0.2, 0.25) is 0 Å². The summed E-state index contributed by atoms with van der Waals surface area (Å²) in [7, 11) is 0. The first-order chi connectivity index (χ1) is 31.5. The third-order valence-corrected chi connectivity index (χ3v) is 13.7. The molecule has 0 aromatic heterocycles. The average Bonchev–Trinajstić information content (AvgIpc) is 3.59. The van der Waals surface area contributed by atoms with Gasteiger partial charge in [0, 0.05) is 22.5 Å². The molecule has 12 rings (SSSR count). The largest absolute Gasteiger partial charge is 0.310 e. The van der Waals surface area contributed by atoms with Gasteiger partial charge in [0.1, 0.15) is 0 Å². The molecule has 0 N–H and O–H groups in total. The van der Waals surface area contributed by atoms with Gasteiger partial charge in [-0.3, -0.25) is 0 Å². The first-order valence-electron chi connectivity index (χ1n) is 22.3. The molecule has 1 nitrogen and oxygen atoms in total. The van der Waals surface area contributed by atoms with Crippen molar-refractivity contribution >= 4 is 49.4 Å². The number of hydrogen-bond acceptors (Lipinski definition) is 1. The van der Waals surface area contributed by atoms with Crippen LogP contribution in [0.15, 0.2) is 237 Å². The second kappa shape index (κ2) is 15.1. The second-order valence-electron chi connectivity index (χ2n) is 17.7. The van der Waals surface area contributed by atoms with Crippen molar-refractivity contribution in [2.75, 3.05) is 4.90 Å². The Balaban J connectivity index is 0.917. The smallest absolute Gasteiger partial charge is 0.0467 e. The molecule has 0 aliphatic heterocycles. The number of fused-ring (bicyclic) bond motifs is 7. The molecule has 64 heavy (non-hydrogen) atoms. The normalized spacial score (nSPS) is 12.7. The fourth-order valence-electron chi connectivity index (χ4n) is 10.3. The minimum absolute atomic E-state index is 0.0665. The summed E-state index contributed by atoms with van der Waals surface area (Å²) >= 11 is 0. The SMILES string of the molecule is CC1(C)c2ccccc2-c2ccc(-c3cccc(N(c4ccc(-c5ccc(-c6ccc7ccccc7c6)cc5)cc4)c4ccc(-c5cccc6c5ccc5ccccc56)cc4)c3)cc21. The molecule has 11 aromatic carbocycles. The van der Waals surface area contributed by atoms with Crippen molar-refractivity contribution in [1.29, 1.82) is 0 Å². The summed E-state index contributed by atoms with van der Waals surface area (Å²) in [5, 5.41) is 7.61. The highest BCUT2D eigenvalue weighted by Gasteiger charge is 2.35. The van der Waals surface area contributed by atoms with Crippen molar-refractivity contribution in [3.05, 3.63) is 248 Å². The highest BCUT2D eigenvalue weighted by Crippen LogP contribution is 2.50. The third-order valence-electron chi connectivity index (χ3n) is 13.7. The molecule has 0 amide bonds. The zero-order valence-electron chi connectivity index (χ0n) is 36.0. The van der Waals surface area contributed by atoms with Crippen molar-refractivity contribution in [1.82, 2.24) is 0 Å². The molecule has 1 aliphatic carbocycles. The predicted molar refractivity (Wildman–Crippen MR) is 273 cm³/mol. The lowest BCUT2D eigenvalue weighted by Gasteiger charge is -2.27. The molecule has 0 unspecified atom stereocenters. The van der Waals surface area contributed by atoms with E-state index in [9.17, 15) is 0 Å². The summed E-state index contributed by atoms with van der Waals surface area (Å²) in [5.41, 5.74) is 18.4. The van der Waals surface area contributed by atoms with E-state index in [1.54, 1.807) is 0 Å². The molecular formula is C63H45N. The van der Waals surface area contributed by atoms with Gasteiger partial charge in [-0.25, -0.2) is 0 Å². The van der Waals surface area contributed by atoms with Crippen LogP contribution in [0.5, 0.6) is 0 Å². The molecule has 1 aliphatic rings. The van der Waals surface area contributed by atoms with Crippen LogP contribution in [-0.4, -0.2) is 0 Å². The minimum atomic E-state index is -0.0665. The molecule has 1 heteroatoms. The van der Waals surface area contributed by atoms with E-state index in [2.05, 4.69) is 255 Å². The van der Waals surface area contributed by atoms with Gasteiger partial charge >= 0.3 is 0 Å². The van der Waals surface area contributed by atoms with Gasteiger partial charge in [-0.15, -0.1) is 0 Å². The molecule has 0 radical (unpaired) electrons. The topological polar surface area (TPSA) is 3.24 Å². The Morgan fingerprint density at radius 2 is 0.781 bits per heavy atom. The number of benzene rings is 11. The zero-order chi connectivity index (χ0) is 42.8. The van der Waals surface area contributed by atoms with E-state index in [1.165, 1.54) is 99.1 Å². The highest BCUT2D eigenvalue weighted by atomic mass is 15.1. The van der Waals surface area contributed by atoms with E-state index >= 15 is 0 Å². The van der Waals surface area contributed by atoms with Crippen molar-refractivity contribution in [2.45, 2.75) is 19.3 Å². The highest BCUT2D eigenvalue weighted by molar-refractivity contribution is 6.12. The molecule has 0 heterocycles. The van der Waals surface area contributed by atoms with Crippen LogP contribution in [-0.2, 0) is 5.41 Å². The summed E-state index contributed by atoms with van der Waals surface area (Å²) in [6.07, 6.45) is 0. The monoisotopic (exact) mass is 815 g/mol. The van der Waals surface area contributed by atoms with Crippen LogP contribution in [0.2, 0.25) is 0 Å². The number of anilines is 3. The van der Waals surface area contributed by atoms with E-state index < -0.39 is 0 Å². The van der Waals surface area contributed by atoms with Crippen molar-refractivity contribution in [3.8, 4) is 55.6 Å². The number of hydrogen-bond donors (Lipinski definition) is 0. The summed E-state index contributed by atoms with van der Waals surface area (Å²) in [5.74, 6) is 0. The Morgan fingerprint density at radius 3 is 1.56 bits per heavy atom. The van der Waals surface area contributed by atoms with Crippen LogP contribution < -0.4 is 4.90 Å². The summed E-state index contributed by atoms with van der Waals surface area (Å²) < 4.78 is 0. The van der Waals surface area contributed by atoms with Crippen molar-refractivity contribution in [2.24, 2.45) is 0 Å². The minimum Gasteiger partial charge on any atom is -0.310 e. The first-order valence-corrected chi connectivity index (χ1v) is 22.3. The fraction of sp³-hybridized carbons (Fsp3) is 0.0476. The molecule has 0 fully saturated rings. The number of nitrogens with zero attached hydrogens (tertiary/aromatic N) is 1. The van der Waals surface area contributed by atoms with Crippen LogP contribution in [0.4, 0.5) is 17.1 Å². The Kier molecular flexibility index (Phi) is 8.91. The lowest BCUT2D eigenvalue weighted by atomic mass is 9.81. The van der Waals surface area contributed by atoms with E-state index in [0.29, 0.717) is 0 Å². The standard InChI is InChI=1S/C63H45N/c1-63(2)61-20-8-7-17-59(61)60-38-32-51(41-62(60)63)49-14-9-15-54(40-49)64(53-35-29-47(30-36-53)56-18-10-19-57-55-16-6-5-12-46(55)31-37-58(56)57)52-33-27-44(28-34-52)43-21-23-45(24-22-43)50-26-25-42-11-3-4-13-48(42)39-50/h3-41H,1-2H3. The van der Waals surface area contributed by atoms with E-state index in [4.69, 9.17) is 0 Å².